The molecule has 0 saturated carbocycles. The van der Waals surface area contributed by atoms with Crippen LogP contribution in [-0.4, -0.2) is 67.9 Å². The molecule has 2 amide bonds. The first-order valence-electron chi connectivity index (χ1n) is 11.3. The molecule has 180 valence electrons. The molecule has 1 aliphatic heterocycles. The van der Waals surface area contributed by atoms with Crippen LogP contribution in [0.2, 0.25) is 0 Å². The average molecular weight is 468 g/mol. The van der Waals surface area contributed by atoms with E-state index in [2.05, 4.69) is 19.2 Å². The van der Waals surface area contributed by atoms with Gasteiger partial charge in [-0.05, 0) is 57.2 Å². The number of piperazine rings is 1. The lowest BCUT2D eigenvalue weighted by Gasteiger charge is -2.34. The van der Waals surface area contributed by atoms with Gasteiger partial charge in [-0.2, -0.15) is 4.31 Å². The standard InChI is InChI=1S/C23H37N3O5S/c1-6-18(2)19-9-11-20(12-10-19)32(29,30)26-16-14-25(15-17-26)21(27)8-7-13-24-22(28)31-23(3,4)5/h9-12,18H,6-8,13-17H2,1-5H3,(H,24,28). The molecule has 2 rings (SSSR count). The minimum absolute atomic E-state index is 0.0362. The number of ether oxygens (including phenoxy) is 1. The SMILES string of the molecule is CCC(C)c1ccc(S(=O)(=O)N2CCN(C(=O)CCCNC(=O)OC(C)(C)C)CC2)cc1. The number of nitrogens with one attached hydrogen (secondary N) is 1. The Bertz CT molecular complexity index is 870. The Morgan fingerprint density at radius 2 is 1.69 bits per heavy atom. The summed E-state index contributed by atoms with van der Waals surface area (Å²) in [6, 6.07) is 7.11. The van der Waals surface area contributed by atoms with Crippen molar-refractivity contribution < 1.29 is 22.7 Å². The van der Waals surface area contributed by atoms with Crippen LogP contribution in [0.4, 0.5) is 4.79 Å². The van der Waals surface area contributed by atoms with E-state index in [4.69, 9.17) is 4.74 Å². The van der Waals surface area contributed by atoms with Gasteiger partial charge in [0.05, 0.1) is 4.90 Å². The lowest BCUT2D eigenvalue weighted by atomic mass is 9.99. The van der Waals surface area contributed by atoms with Gasteiger partial charge in [0.1, 0.15) is 5.60 Å². The van der Waals surface area contributed by atoms with E-state index >= 15 is 0 Å². The Kier molecular flexibility index (Phi) is 9.09. The number of rotatable bonds is 8. The lowest BCUT2D eigenvalue weighted by Crippen LogP contribution is -2.50. The first-order chi connectivity index (χ1) is 14.9. The second-order valence-electron chi connectivity index (χ2n) is 9.20. The topological polar surface area (TPSA) is 96.0 Å². The smallest absolute Gasteiger partial charge is 0.407 e. The normalized spacial score (nSPS) is 16.5. The third-order valence-electron chi connectivity index (χ3n) is 5.53. The zero-order valence-corrected chi connectivity index (χ0v) is 20.7. The van der Waals surface area contributed by atoms with E-state index in [1.165, 1.54) is 4.31 Å². The number of benzene rings is 1. The minimum Gasteiger partial charge on any atom is -0.444 e. The minimum atomic E-state index is -3.57. The number of carbonyl (C=O) groups excluding carboxylic acids is 2. The Morgan fingerprint density at radius 3 is 2.22 bits per heavy atom. The number of hydrogen-bond donors (Lipinski definition) is 1. The van der Waals surface area contributed by atoms with E-state index in [9.17, 15) is 18.0 Å². The summed E-state index contributed by atoms with van der Waals surface area (Å²) in [5, 5.41) is 2.64. The van der Waals surface area contributed by atoms with Gasteiger partial charge < -0.3 is 15.0 Å². The molecule has 0 radical (unpaired) electrons. The molecule has 1 heterocycles. The van der Waals surface area contributed by atoms with Crippen LogP contribution in [0.25, 0.3) is 0 Å². The maximum atomic E-state index is 13.0. The number of carbonyl (C=O) groups is 2. The molecule has 1 fully saturated rings. The van der Waals surface area contributed by atoms with Crippen molar-refractivity contribution in [2.75, 3.05) is 32.7 Å². The maximum Gasteiger partial charge on any atom is 0.407 e. The molecule has 0 aromatic heterocycles. The van der Waals surface area contributed by atoms with E-state index in [0.29, 0.717) is 38.4 Å². The van der Waals surface area contributed by atoms with E-state index < -0.39 is 21.7 Å². The van der Waals surface area contributed by atoms with Gasteiger partial charge in [0.15, 0.2) is 0 Å². The Labute approximate surface area is 192 Å². The summed E-state index contributed by atoms with van der Waals surface area (Å²) in [5.74, 6) is 0.353. The fourth-order valence-corrected chi connectivity index (χ4v) is 4.86. The first-order valence-corrected chi connectivity index (χ1v) is 12.7. The molecule has 1 unspecified atom stereocenters. The summed E-state index contributed by atoms with van der Waals surface area (Å²) in [6.45, 7) is 11.2. The first kappa shape index (κ1) is 26.1. The highest BCUT2D eigenvalue weighted by Crippen LogP contribution is 2.23. The molecule has 32 heavy (non-hydrogen) atoms. The zero-order valence-electron chi connectivity index (χ0n) is 19.9. The van der Waals surface area contributed by atoms with Crippen LogP contribution in [-0.2, 0) is 19.6 Å². The van der Waals surface area contributed by atoms with Crippen molar-refractivity contribution in [3.05, 3.63) is 29.8 Å². The molecular formula is C23H37N3O5S. The van der Waals surface area contributed by atoms with Crippen molar-refractivity contribution >= 4 is 22.0 Å². The Balaban J connectivity index is 1.79. The van der Waals surface area contributed by atoms with Crippen LogP contribution < -0.4 is 5.32 Å². The molecule has 8 nitrogen and oxygen atoms in total. The van der Waals surface area contributed by atoms with Gasteiger partial charge in [-0.3, -0.25) is 4.79 Å². The molecule has 1 aromatic rings. The molecule has 9 heteroatoms. The van der Waals surface area contributed by atoms with Crippen LogP contribution >= 0.6 is 0 Å². The number of nitrogens with zero attached hydrogens (tertiary/aromatic N) is 2. The van der Waals surface area contributed by atoms with Crippen molar-refractivity contribution in [1.29, 1.82) is 0 Å². The van der Waals surface area contributed by atoms with E-state index in [-0.39, 0.29) is 23.9 Å². The van der Waals surface area contributed by atoms with Crippen LogP contribution in [0.5, 0.6) is 0 Å². The monoisotopic (exact) mass is 467 g/mol. The summed E-state index contributed by atoms with van der Waals surface area (Å²) in [5.41, 5.74) is 0.568. The van der Waals surface area contributed by atoms with Gasteiger partial charge in [0, 0.05) is 39.1 Å². The van der Waals surface area contributed by atoms with Gasteiger partial charge >= 0.3 is 6.09 Å². The number of alkyl carbamates (subject to hydrolysis) is 1. The van der Waals surface area contributed by atoms with Crippen molar-refractivity contribution in [3.8, 4) is 0 Å². The number of hydrogen-bond acceptors (Lipinski definition) is 5. The molecule has 0 aliphatic carbocycles. The highest BCUT2D eigenvalue weighted by molar-refractivity contribution is 7.89. The lowest BCUT2D eigenvalue weighted by molar-refractivity contribution is -0.132. The number of amides is 2. The molecular weight excluding hydrogens is 430 g/mol. The van der Waals surface area contributed by atoms with Crippen LogP contribution in [0.15, 0.2) is 29.2 Å². The molecule has 1 aromatic carbocycles. The second-order valence-corrected chi connectivity index (χ2v) is 11.1. The van der Waals surface area contributed by atoms with E-state index in [1.54, 1.807) is 37.8 Å². The van der Waals surface area contributed by atoms with Gasteiger partial charge in [-0.15, -0.1) is 0 Å². The second kappa shape index (κ2) is 11.1. The molecule has 0 spiro atoms. The van der Waals surface area contributed by atoms with Gasteiger partial charge in [0.25, 0.3) is 0 Å². The van der Waals surface area contributed by atoms with Crippen molar-refractivity contribution in [1.82, 2.24) is 14.5 Å². The summed E-state index contributed by atoms with van der Waals surface area (Å²) >= 11 is 0. The highest BCUT2D eigenvalue weighted by atomic mass is 32.2. The molecule has 1 saturated heterocycles. The summed E-state index contributed by atoms with van der Waals surface area (Å²) < 4.78 is 32.5. The molecule has 0 bridgehead atoms. The largest absolute Gasteiger partial charge is 0.444 e. The molecule has 1 N–H and O–H groups in total. The van der Waals surface area contributed by atoms with E-state index in [1.807, 2.05) is 12.1 Å². The quantitative estimate of drug-likeness (QED) is 0.592. The van der Waals surface area contributed by atoms with Gasteiger partial charge in [-0.1, -0.05) is 26.0 Å². The summed E-state index contributed by atoms with van der Waals surface area (Å²) in [4.78, 5) is 26.0. The predicted molar refractivity (Wildman–Crippen MR) is 124 cm³/mol. The number of sulfonamides is 1. The van der Waals surface area contributed by atoms with Crippen LogP contribution in [0.3, 0.4) is 0 Å². The third-order valence-corrected chi connectivity index (χ3v) is 7.44. The van der Waals surface area contributed by atoms with Gasteiger partial charge in [0.2, 0.25) is 15.9 Å². The van der Waals surface area contributed by atoms with E-state index in [0.717, 1.165) is 12.0 Å². The van der Waals surface area contributed by atoms with Crippen LogP contribution in [0, 0.1) is 0 Å². The zero-order chi connectivity index (χ0) is 23.9. The van der Waals surface area contributed by atoms with Crippen molar-refractivity contribution in [2.45, 2.75) is 70.3 Å². The fraction of sp³-hybridized carbons (Fsp3) is 0.652. The molecule has 1 aliphatic rings. The predicted octanol–water partition coefficient (Wildman–Crippen LogP) is 3.34. The third kappa shape index (κ3) is 7.48. The molecule has 1 atom stereocenters. The fourth-order valence-electron chi connectivity index (χ4n) is 3.43. The van der Waals surface area contributed by atoms with Crippen molar-refractivity contribution in [2.24, 2.45) is 0 Å². The average Bonchev–Trinajstić information content (AvgIpc) is 2.75. The maximum absolute atomic E-state index is 13.0. The van der Waals surface area contributed by atoms with Crippen LogP contribution in [0.1, 0.15) is 65.4 Å². The Hall–Kier alpha value is -2.13. The van der Waals surface area contributed by atoms with Gasteiger partial charge in [-0.25, -0.2) is 13.2 Å². The highest BCUT2D eigenvalue weighted by Gasteiger charge is 2.30. The van der Waals surface area contributed by atoms with Crippen molar-refractivity contribution in [3.63, 3.8) is 0 Å². The summed E-state index contributed by atoms with van der Waals surface area (Å²) in [7, 11) is -3.57. The summed E-state index contributed by atoms with van der Waals surface area (Å²) in [6.07, 6.45) is 1.29. The Morgan fingerprint density at radius 1 is 1.09 bits per heavy atom.